The Morgan fingerprint density at radius 1 is 0.337 bits per heavy atom. The Labute approximate surface area is 478 Å². The van der Waals surface area contributed by atoms with Crippen LogP contribution < -0.4 is 26.2 Å². The lowest BCUT2D eigenvalue weighted by Crippen LogP contribution is -2.61. The van der Waals surface area contributed by atoms with Crippen LogP contribution in [0.5, 0.6) is 0 Å². The molecule has 0 radical (unpaired) electrons. The second-order valence-electron chi connectivity index (χ2n) is 21.5. The molecule has 2 aliphatic rings. The molecule has 0 fully saturated rings. The molecule has 17 rings (SSSR count). The molecular formula is C73H45BN6O2S. The Morgan fingerprint density at radius 3 is 1.12 bits per heavy atom. The summed E-state index contributed by atoms with van der Waals surface area (Å²) in [4.78, 5) is 5.23. The van der Waals surface area contributed by atoms with Gasteiger partial charge in [0.25, 0.3) is 6.71 Å². The van der Waals surface area contributed by atoms with Gasteiger partial charge in [-0.05, 0) is 144 Å². The van der Waals surface area contributed by atoms with Crippen molar-refractivity contribution in [1.29, 1.82) is 5.26 Å². The van der Waals surface area contributed by atoms with Crippen LogP contribution in [-0.2, 0) is 9.84 Å². The third kappa shape index (κ3) is 6.65. The summed E-state index contributed by atoms with van der Waals surface area (Å²) in [5, 5.41) is 16.0. The van der Waals surface area contributed by atoms with E-state index >= 15 is 0 Å². The Kier molecular flexibility index (Phi) is 10.1. The first-order valence-electron chi connectivity index (χ1n) is 27.9. The van der Waals surface area contributed by atoms with Crippen molar-refractivity contribution in [2.24, 2.45) is 0 Å². The predicted octanol–water partition coefficient (Wildman–Crippen LogP) is 15.8. The molecule has 388 valence electrons. The second kappa shape index (κ2) is 17.8. The first-order valence-corrected chi connectivity index (χ1v) is 29.3. The fourth-order valence-corrected chi connectivity index (χ4v) is 15.1. The van der Waals surface area contributed by atoms with Gasteiger partial charge in [0.2, 0.25) is 9.84 Å². The Balaban J connectivity index is 1.05. The van der Waals surface area contributed by atoms with Crippen molar-refractivity contribution >= 4 is 132 Å². The number of hydrogen-bond donors (Lipinski definition) is 0. The van der Waals surface area contributed by atoms with Crippen LogP contribution >= 0.6 is 0 Å². The molecule has 0 unspecified atom stereocenters. The largest absolute Gasteiger partial charge is 0.311 e. The molecule has 15 aromatic rings. The van der Waals surface area contributed by atoms with E-state index in [1.54, 1.807) is 24.3 Å². The topological polar surface area (TPSA) is 79.2 Å². The lowest BCUT2D eigenvalue weighted by molar-refractivity contribution is 0.596. The van der Waals surface area contributed by atoms with E-state index in [0.717, 1.165) is 117 Å². The zero-order valence-corrected chi connectivity index (χ0v) is 45.3. The number of hydrogen-bond acceptors (Lipinski definition) is 5. The maximum absolute atomic E-state index is 14.3. The van der Waals surface area contributed by atoms with Gasteiger partial charge in [-0.1, -0.05) is 146 Å². The Morgan fingerprint density at radius 2 is 0.687 bits per heavy atom. The van der Waals surface area contributed by atoms with E-state index < -0.39 is 9.84 Å². The van der Waals surface area contributed by atoms with Crippen LogP contribution in [0.25, 0.3) is 82.5 Å². The molecule has 83 heavy (non-hydrogen) atoms. The molecule has 2 aliphatic heterocycles. The molecule has 12 aromatic carbocycles. The third-order valence-electron chi connectivity index (χ3n) is 17.2. The molecule has 10 heteroatoms. The minimum atomic E-state index is -3.93. The number of nitriles is 1. The highest BCUT2D eigenvalue weighted by Crippen LogP contribution is 2.52. The molecule has 8 nitrogen and oxygen atoms in total. The van der Waals surface area contributed by atoms with Crippen molar-refractivity contribution in [2.75, 3.05) is 9.80 Å². The fraction of sp³-hybridized carbons (Fsp3) is 0. The minimum Gasteiger partial charge on any atom is -0.311 e. The minimum absolute atomic E-state index is 0.0594. The van der Waals surface area contributed by atoms with E-state index in [1.165, 1.54) is 28.5 Å². The first kappa shape index (κ1) is 47.0. The molecule has 3 aromatic heterocycles. The number of para-hydroxylation sites is 8. The summed E-state index contributed by atoms with van der Waals surface area (Å²) < 4.78 is 35.9. The van der Waals surface area contributed by atoms with E-state index in [1.807, 2.05) is 12.1 Å². The zero-order valence-electron chi connectivity index (χ0n) is 44.5. The highest BCUT2D eigenvalue weighted by atomic mass is 32.2. The van der Waals surface area contributed by atoms with Crippen LogP contribution in [0, 0.1) is 11.3 Å². The van der Waals surface area contributed by atoms with Crippen molar-refractivity contribution in [3.05, 3.63) is 279 Å². The molecule has 5 heterocycles. The summed E-state index contributed by atoms with van der Waals surface area (Å²) in [6.45, 7) is -0.0594. The lowest BCUT2D eigenvalue weighted by atomic mass is 9.33. The summed E-state index contributed by atoms with van der Waals surface area (Å²) in [6, 6.07) is 96.7. The summed E-state index contributed by atoms with van der Waals surface area (Å²) >= 11 is 0. The number of rotatable bonds is 7. The van der Waals surface area contributed by atoms with Crippen molar-refractivity contribution in [3.8, 4) is 23.1 Å². The van der Waals surface area contributed by atoms with Gasteiger partial charge in [0.15, 0.2) is 0 Å². The SMILES string of the molecule is N#Cc1ccc(S(=O)(=O)c2ccc(-n3c4ccccc4c4c3c3c5ccccc5n(-c5ccccc5)c3c3c5ccccc5n(-c5cc6c7c(c5)N(c5ccccc5)c5ccccc5B7c5ccccc5N6c5ccccc5)c34)cc2)cc1. The van der Waals surface area contributed by atoms with Gasteiger partial charge >= 0.3 is 0 Å². The Bertz CT molecular complexity index is 5250. The zero-order chi connectivity index (χ0) is 55.1. The number of nitrogens with zero attached hydrogens (tertiary/aromatic N) is 6. The van der Waals surface area contributed by atoms with E-state index in [0.29, 0.717) is 5.56 Å². The maximum atomic E-state index is 14.3. The predicted molar refractivity (Wildman–Crippen MR) is 340 cm³/mol. The van der Waals surface area contributed by atoms with Crippen molar-refractivity contribution in [2.45, 2.75) is 9.79 Å². The number of aromatic nitrogens is 3. The molecule has 0 aliphatic carbocycles. The van der Waals surface area contributed by atoms with E-state index in [4.69, 9.17) is 0 Å². The van der Waals surface area contributed by atoms with Crippen LogP contribution in [-0.4, -0.2) is 28.8 Å². The quantitative estimate of drug-likeness (QED) is 0.149. The van der Waals surface area contributed by atoms with Crippen LogP contribution in [0.3, 0.4) is 0 Å². The first-order chi connectivity index (χ1) is 41.0. The highest BCUT2D eigenvalue weighted by molar-refractivity contribution is 7.91. The van der Waals surface area contributed by atoms with Gasteiger partial charge in [-0.2, -0.15) is 5.26 Å². The summed E-state index contributed by atoms with van der Waals surface area (Å²) in [5.41, 5.74) is 19.8. The number of fused-ring (bicyclic) bond motifs is 16. The van der Waals surface area contributed by atoms with Crippen molar-refractivity contribution < 1.29 is 8.42 Å². The van der Waals surface area contributed by atoms with E-state index in [-0.39, 0.29) is 16.5 Å². The van der Waals surface area contributed by atoms with Gasteiger partial charge in [0, 0.05) is 77.8 Å². The van der Waals surface area contributed by atoms with Gasteiger partial charge in [-0.25, -0.2) is 8.42 Å². The smallest absolute Gasteiger partial charge is 0.252 e. The maximum Gasteiger partial charge on any atom is 0.252 e. The molecule has 0 amide bonds. The summed E-state index contributed by atoms with van der Waals surface area (Å²) in [7, 11) is -3.93. The fourth-order valence-electron chi connectivity index (χ4n) is 13.9. The molecular weight excluding hydrogens is 1040 g/mol. The van der Waals surface area contributed by atoms with Crippen molar-refractivity contribution in [3.63, 3.8) is 0 Å². The average Bonchev–Trinajstić information content (AvgIpc) is 1.72. The summed E-state index contributed by atoms with van der Waals surface area (Å²) in [5.74, 6) is 0. The number of benzene rings is 12. The number of sulfone groups is 1. The van der Waals surface area contributed by atoms with Gasteiger partial charge in [0.1, 0.15) is 0 Å². The molecule has 0 N–H and O–H groups in total. The van der Waals surface area contributed by atoms with E-state index in [2.05, 4.69) is 254 Å². The van der Waals surface area contributed by atoms with Gasteiger partial charge in [0.05, 0.1) is 60.2 Å². The van der Waals surface area contributed by atoms with Crippen LogP contribution in [0.15, 0.2) is 283 Å². The second-order valence-corrected chi connectivity index (χ2v) is 23.4. The molecule has 0 atom stereocenters. The monoisotopic (exact) mass is 1080 g/mol. The van der Waals surface area contributed by atoms with Gasteiger partial charge in [-0.3, -0.25) is 0 Å². The van der Waals surface area contributed by atoms with Crippen LogP contribution in [0.2, 0.25) is 0 Å². The van der Waals surface area contributed by atoms with E-state index in [9.17, 15) is 13.7 Å². The standard InChI is InChI=1S/C73H45BN6O2S/c75-46-47-36-40-53(41-37-47)83(81,82)54-42-38-51(39-43-54)79-61-32-16-11-27-56(61)68-72(79)67-55-26-10-15-31-60(55)78(50-24-8-3-9-25-50)71(67)69-57-28-12-17-33-62(57)80(73(68)69)52-44-65-70-66(45-52)77(49-22-6-2-7-23-49)64-35-19-14-30-59(64)74(70)58-29-13-18-34-63(58)76(65)48-20-4-1-5-21-48/h1-45H. The highest BCUT2D eigenvalue weighted by Gasteiger charge is 2.44. The third-order valence-corrected chi connectivity index (χ3v) is 19.0. The number of anilines is 6. The average molecular weight is 1080 g/mol. The van der Waals surface area contributed by atoms with Gasteiger partial charge < -0.3 is 23.5 Å². The summed E-state index contributed by atoms with van der Waals surface area (Å²) in [6.07, 6.45) is 0. The van der Waals surface area contributed by atoms with Crippen molar-refractivity contribution in [1.82, 2.24) is 13.7 Å². The van der Waals surface area contributed by atoms with Gasteiger partial charge in [-0.15, -0.1) is 0 Å². The lowest BCUT2D eigenvalue weighted by Gasteiger charge is -2.44. The Hall–Kier alpha value is -10.9. The normalized spacial score (nSPS) is 12.8. The molecule has 0 spiro atoms. The van der Waals surface area contributed by atoms with Crippen LogP contribution in [0.4, 0.5) is 34.1 Å². The molecule has 0 saturated carbocycles. The molecule has 0 bridgehead atoms. The van der Waals surface area contributed by atoms with Crippen LogP contribution in [0.1, 0.15) is 5.56 Å². The molecule has 0 saturated heterocycles.